The van der Waals surface area contributed by atoms with Crippen molar-refractivity contribution in [1.82, 2.24) is 10.2 Å². The molecule has 122 valence electrons. The highest BCUT2D eigenvalue weighted by atomic mass is 16.5. The molecule has 0 radical (unpaired) electrons. The second kappa shape index (κ2) is 6.32. The van der Waals surface area contributed by atoms with Gasteiger partial charge in [-0.15, -0.1) is 0 Å². The van der Waals surface area contributed by atoms with Crippen molar-refractivity contribution in [3.63, 3.8) is 0 Å². The van der Waals surface area contributed by atoms with Gasteiger partial charge in [0.15, 0.2) is 0 Å². The van der Waals surface area contributed by atoms with Crippen LogP contribution in [0.3, 0.4) is 0 Å². The third kappa shape index (κ3) is 3.46. The van der Waals surface area contributed by atoms with E-state index in [1.165, 1.54) is 19.3 Å². The van der Waals surface area contributed by atoms with Gasteiger partial charge >= 0.3 is 6.03 Å². The number of rotatable bonds is 3. The molecule has 1 aromatic heterocycles. The van der Waals surface area contributed by atoms with Gasteiger partial charge in [-0.1, -0.05) is 19.3 Å². The molecule has 1 saturated carbocycles. The summed E-state index contributed by atoms with van der Waals surface area (Å²) in [5.41, 5.74) is 0.0346. The highest BCUT2D eigenvalue weighted by Crippen LogP contribution is 2.39. The van der Waals surface area contributed by atoms with Crippen LogP contribution in [0.15, 0.2) is 16.5 Å². The summed E-state index contributed by atoms with van der Waals surface area (Å²) < 4.78 is 11.6. The average Bonchev–Trinajstić information content (AvgIpc) is 3.07. The Kier molecular flexibility index (Phi) is 4.43. The molecule has 3 rings (SSSR count). The Morgan fingerprint density at radius 1 is 1.36 bits per heavy atom. The quantitative estimate of drug-likeness (QED) is 0.933. The smallest absolute Gasteiger partial charge is 0.317 e. The summed E-state index contributed by atoms with van der Waals surface area (Å²) in [6.07, 6.45) is 7.04. The van der Waals surface area contributed by atoms with E-state index >= 15 is 0 Å². The number of amides is 2. The number of nitrogens with zero attached hydrogens (tertiary/aromatic N) is 1. The molecule has 2 amide bonds. The lowest BCUT2D eigenvalue weighted by atomic mass is 9.82. The largest absolute Gasteiger partial charge is 0.464 e. The molecule has 2 heterocycles. The first kappa shape index (κ1) is 15.4. The summed E-state index contributed by atoms with van der Waals surface area (Å²) in [7, 11) is 1.79. The molecule has 1 saturated heterocycles. The van der Waals surface area contributed by atoms with Crippen LogP contribution in [0.4, 0.5) is 4.79 Å². The van der Waals surface area contributed by atoms with Gasteiger partial charge in [0, 0.05) is 7.05 Å². The number of urea groups is 1. The van der Waals surface area contributed by atoms with Gasteiger partial charge in [-0.3, -0.25) is 0 Å². The van der Waals surface area contributed by atoms with Crippen LogP contribution in [0.25, 0.3) is 0 Å². The summed E-state index contributed by atoms with van der Waals surface area (Å²) in [5.74, 6) is 1.67. The van der Waals surface area contributed by atoms with E-state index in [-0.39, 0.29) is 17.7 Å². The fraction of sp³-hybridized carbons (Fsp3) is 0.706. The molecule has 1 atom stereocenters. The topological polar surface area (TPSA) is 54.7 Å². The van der Waals surface area contributed by atoms with Gasteiger partial charge < -0.3 is 19.4 Å². The first-order chi connectivity index (χ1) is 10.6. The minimum Gasteiger partial charge on any atom is -0.464 e. The highest BCUT2D eigenvalue weighted by molar-refractivity contribution is 5.74. The molecule has 0 aromatic carbocycles. The van der Waals surface area contributed by atoms with Crippen molar-refractivity contribution in [2.75, 3.05) is 13.7 Å². The Bertz CT molecular complexity index is 520. The minimum atomic E-state index is -0.0597. The lowest BCUT2D eigenvalue weighted by molar-refractivity contribution is -0.0246. The molecule has 2 aliphatic rings. The lowest BCUT2D eigenvalue weighted by Crippen LogP contribution is -2.43. The fourth-order valence-corrected chi connectivity index (χ4v) is 3.64. The van der Waals surface area contributed by atoms with Gasteiger partial charge in [0.25, 0.3) is 0 Å². The molecule has 5 heteroatoms. The molecule has 0 bridgehead atoms. The molecular formula is C17H26N2O3. The summed E-state index contributed by atoms with van der Waals surface area (Å²) in [6.45, 7) is 3.03. The van der Waals surface area contributed by atoms with Crippen LogP contribution in [-0.4, -0.2) is 36.2 Å². The van der Waals surface area contributed by atoms with E-state index in [2.05, 4.69) is 5.32 Å². The van der Waals surface area contributed by atoms with Crippen molar-refractivity contribution in [2.24, 2.45) is 0 Å². The third-order valence-electron chi connectivity index (χ3n) is 4.84. The number of carbonyl (C=O) groups is 1. The van der Waals surface area contributed by atoms with E-state index in [9.17, 15) is 4.79 Å². The molecule has 1 aromatic rings. The van der Waals surface area contributed by atoms with E-state index in [1.54, 1.807) is 11.9 Å². The van der Waals surface area contributed by atoms with Gasteiger partial charge in [-0.05, 0) is 38.3 Å². The molecule has 1 spiro atoms. The van der Waals surface area contributed by atoms with Crippen LogP contribution in [0, 0.1) is 6.92 Å². The normalized spacial score (nSPS) is 23.6. The molecule has 1 aliphatic heterocycles. The van der Waals surface area contributed by atoms with Crippen LogP contribution in [0.5, 0.6) is 0 Å². The van der Waals surface area contributed by atoms with E-state index in [0.29, 0.717) is 13.2 Å². The van der Waals surface area contributed by atoms with Gasteiger partial charge in [0.1, 0.15) is 11.5 Å². The SMILES string of the molecule is Cc1ccc(CN(C)C(=O)NC2COC3(CCCCC3)C2)o1. The first-order valence-corrected chi connectivity index (χ1v) is 8.27. The van der Waals surface area contributed by atoms with Crippen molar-refractivity contribution >= 4 is 6.03 Å². The van der Waals surface area contributed by atoms with Crippen molar-refractivity contribution in [3.05, 3.63) is 23.7 Å². The van der Waals surface area contributed by atoms with Crippen LogP contribution < -0.4 is 5.32 Å². The number of hydrogen-bond donors (Lipinski definition) is 1. The van der Waals surface area contributed by atoms with Crippen molar-refractivity contribution in [1.29, 1.82) is 0 Å². The van der Waals surface area contributed by atoms with Crippen LogP contribution in [0.2, 0.25) is 0 Å². The number of nitrogens with one attached hydrogen (secondary N) is 1. The number of furan rings is 1. The van der Waals surface area contributed by atoms with E-state index in [1.807, 2.05) is 19.1 Å². The zero-order valence-corrected chi connectivity index (χ0v) is 13.6. The fourth-order valence-electron chi connectivity index (χ4n) is 3.64. The molecule has 2 fully saturated rings. The summed E-state index contributed by atoms with van der Waals surface area (Å²) in [4.78, 5) is 14.0. The van der Waals surface area contributed by atoms with Gasteiger partial charge in [-0.25, -0.2) is 4.79 Å². The van der Waals surface area contributed by atoms with Crippen LogP contribution >= 0.6 is 0 Å². The zero-order chi connectivity index (χ0) is 15.6. The maximum atomic E-state index is 12.3. The molecule has 1 N–H and O–H groups in total. The monoisotopic (exact) mass is 306 g/mol. The minimum absolute atomic E-state index is 0.0346. The maximum Gasteiger partial charge on any atom is 0.317 e. The summed E-state index contributed by atoms with van der Waals surface area (Å²) in [6, 6.07) is 3.90. The Morgan fingerprint density at radius 2 is 2.14 bits per heavy atom. The number of ether oxygens (including phenoxy) is 1. The molecule has 5 nitrogen and oxygen atoms in total. The van der Waals surface area contributed by atoms with Crippen molar-refractivity contribution in [2.45, 2.75) is 63.6 Å². The second-order valence-corrected chi connectivity index (χ2v) is 6.77. The molecule has 1 aliphatic carbocycles. The van der Waals surface area contributed by atoms with E-state index < -0.39 is 0 Å². The maximum absolute atomic E-state index is 12.3. The standard InChI is InChI=1S/C17H26N2O3/c1-13-6-7-15(22-13)11-19(2)16(20)18-14-10-17(21-12-14)8-4-3-5-9-17/h6-7,14H,3-5,8-12H2,1-2H3,(H,18,20). The van der Waals surface area contributed by atoms with Crippen LogP contribution in [-0.2, 0) is 11.3 Å². The van der Waals surface area contributed by atoms with Crippen molar-refractivity contribution < 1.29 is 13.9 Å². The average molecular weight is 306 g/mol. The summed E-state index contributed by atoms with van der Waals surface area (Å²) in [5, 5.41) is 3.10. The Morgan fingerprint density at radius 3 is 2.82 bits per heavy atom. The van der Waals surface area contributed by atoms with E-state index in [0.717, 1.165) is 30.8 Å². The predicted octanol–water partition coefficient (Wildman–Crippen LogP) is 3.22. The second-order valence-electron chi connectivity index (χ2n) is 6.77. The van der Waals surface area contributed by atoms with Gasteiger partial charge in [0.2, 0.25) is 0 Å². The zero-order valence-electron chi connectivity index (χ0n) is 13.6. The lowest BCUT2D eigenvalue weighted by Gasteiger charge is -2.32. The molecule has 22 heavy (non-hydrogen) atoms. The van der Waals surface area contributed by atoms with E-state index in [4.69, 9.17) is 9.15 Å². The van der Waals surface area contributed by atoms with Gasteiger partial charge in [0.05, 0.1) is 24.8 Å². The number of aryl methyl sites for hydroxylation is 1. The molecular weight excluding hydrogens is 280 g/mol. The highest BCUT2D eigenvalue weighted by Gasteiger charge is 2.41. The Hall–Kier alpha value is -1.49. The predicted molar refractivity (Wildman–Crippen MR) is 83.6 cm³/mol. The number of hydrogen-bond acceptors (Lipinski definition) is 3. The van der Waals surface area contributed by atoms with Crippen molar-refractivity contribution in [3.8, 4) is 0 Å². The number of carbonyl (C=O) groups excluding carboxylic acids is 1. The first-order valence-electron chi connectivity index (χ1n) is 8.27. The Labute approximate surface area is 132 Å². The Balaban J connectivity index is 1.49. The third-order valence-corrected chi connectivity index (χ3v) is 4.84. The summed E-state index contributed by atoms with van der Waals surface area (Å²) >= 11 is 0. The van der Waals surface area contributed by atoms with Gasteiger partial charge in [-0.2, -0.15) is 0 Å². The molecule has 1 unspecified atom stereocenters. The van der Waals surface area contributed by atoms with Crippen LogP contribution in [0.1, 0.15) is 50.0 Å².